The molecular weight excluding hydrogens is 136 g/mol. The highest BCUT2D eigenvalue weighted by Gasteiger charge is 1.83. The molecule has 0 fully saturated rings. The normalized spacial score (nSPS) is 10.8. The molecule has 1 aromatic heterocycles. The van der Waals surface area contributed by atoms with Crippen molar-refractivity contribution in [3.8, 4) is 0 Å². The first-order chi connectivity index (χ1) is 4.43. The van der Waals surface area contributed by atoms with Gasteiger partial charge in [0.15, 0.2) is 0 Å². The van der Waals surface area contributed by atoms with Crippen molar-refractivity contribution in [2.24, 2.45) is 0 Å². The van der Waals surface area contributed by atoms with Crippen molar-refractivity contribution in [1.29, 1.82) is 0 Å². The zero-order chi connectivity index (χ0) is 6.53. The van der Waals surface area contributed by atoms with Crippen LogP contribution in [0.1, 0.15) is 5.76 Å². The molecular formula is C7H7ClO. The monoisotopic (exact) mass is 142 g/mol. The fraction of sp³-hybridized carbons (Fsp3) is 0.143. The number of allylic oxidation sites excluding steroid dienone is 1. The van der Waals surface area contributed by atoms with Gasteiger partial charge >= 0.3 is 0 Å². The first-order valence-corrected chi connectivity index (χ1v) is 3.23. The number of hydrogen-bond acceptors (Lipinski definition) is 1. The van der Waals surface area contributed by atoms with Crippen molar-refractivity contribution in [2.45, 2.75) is 0 Å². The summed E-state index contributed by atoms with van der Waals surface area (Å²) in [4.78, 5) is 0. The maximum absolute atomic E-state index is 5.39. The van der Waals surface area contributed by atoms with Gasteiger partial charge in [0, 0.05) is 5.88 Å². The lowest BCUT2D eigenvalue weighted by Gasteiger charge is -1.78. The third-order valence-electron chi connectivity index (χ3n) is 0.914. The van der Waals surface area contributed by atoms with Crippen molar-refractivity contribution in [3.05, 3.63) is 30.2 Å². The topological polar surface area (TPSA) is 13.1 Å². The second-order valence-electron chi connectivity index (χ2n) is 1.57. The Balaban J connectivity index is 2.57. The van der Waals surface area contributed by atoms with E-state index in [1.807, 2.05) is 24.3 Å². The SMILES string of the molecule is ClC/C=C\c1ccco1. The Bertz CT molecular complexity index is 177. The van der Waals surface area contributed by atoms with Gasteiger partial charge < -0.3 is 4.42 Å². The van der Waals surface area contributed by atoms with Crippen LogP contribution in [0.2, 0.25) is 0 Å². The highest BCUT2D eigenvalue weighted by molar-refractivity contribution is 6.19. The molecule has 0 atom stereocenters. The minimum absolute atomic E-state index is 0.528. The lowest BCUT2D eigenvalue weighted by Crippen LogP contribution is -1.60. The fourth-order valence-electron chi connectivity index (χ4n) is 0.547. The average molecular weight is 143 g/mol. The first kappa shape index (κ1) is 6.43. The second kappa shape index (κ2) is 3.36. The predicted octanol–water partition coefficient (Wildman–Crippen LogP) is 2.53. The molecule has 0 radical (unpaired) electrons. The Morgan fingerprint density at radius 1 is 1.67 bits per heavy atom. The molecule has 1 heterocycles. The van der Waals surface area contributed by atoms with E-state index in [1.54, 1.807) is 6.26 Å². The maximum Gasteiger partial charge on any atom is 0.126 e. The van der Waals surface area contributed by atoms with E-state index in [9.17, 15) is 0 Å². The molecule has 9 heavy (non-hydrogen) atoms. The van der Waals surface area contributed by atoms with E-state index >= 15 is 0 Å². The summed E-state index contributed by atoms with van der Waals surface area (Å²) >= 11 is 5.39. The Hall–Kier alpha value is -0.690. The molecule has 0 aliphatic heterocycles. The molecule has 0 bridgehead atoms. The third kappa shape index (κ3) is 1.94. The predicted molar refractivity (Wildman–Crippen MR) is 38.5 cm³/mol. The van der Waals surface area contributed by atoms with Gasteiger partial charge in [0.05, 0.1) is 6.26 Å². The van der Waals surface area contributed by atoms with Gasteiger partial charge in [-0.25, -0.2) is 0 Å². The number of halogens is 1. The van der Waals surface area contributed by atoms with Crippen LogP contribution in [-0.4, -0.2) is 5.88 Å². The van der Waals surface area contributed by atoms with Gasteiger partial charge in [-0.15, -0.1) is 11.6 Å². The molecule has 0 aromatic carbocycles. The molecule has 0 amide bonds. The van der Waals surface area contributed by atoms with Crippen LogP contribution in [0, 0.1) is 0 Å². The molecule has 0 saturated heterocycles. The quantitative estimate of drug-likeness (QED) is 0.579. The van der Waals surface area contributed by atoms with Gasteiger partial charge in [0.2, 0.25) is 0 Å². The zero-order valence-electron chi connectivity index (χ0n) is 4.88. The van der Waals surface area contributed by atoms with Crippen molar-refractivity contribution in [2.75, 3.05) is 5.88 Å². The first-order valence-electron chi connectivity index (χ1n) is 2.69. The second-order valence-corrected chi connectivity index (χ2v) is 1.88. The molecule has 0 aliphatic rings. The van der Waals surface area contributed by atoms with Crippen LogP contribution in [0.25, 0.3) is 6.08 Å². The van der Waals surface area contributed by atoms with Crippen LogP contribution in [0.15, 0.2) is 28.9 Å². The summed E-state index contributed by atoms with van der Waals surface area (Å²) in [6.07, 6.45) is 5.31. The van der Waals surface area contributed by atoms with Crippen LogP contribution in [0.5, 0.6) is 0 Å². The van der Waals surface area contributed by atoms with Gasteiger partial charge in [-0.2, -0.15) is 0 Å². The molecule has 48 valence electrons. The zero-order valence-corrected chi connectivity index (χ0v) is 5.64. The van der Waals surface area contributed by atoms with Crippen molar-refractivity contribution in [3.63, 3.8) is 0 Å². The summed E-state index contributed by atoms with van der Waals surface area (Å²) < 4.78 is 4.99. The summed E-state index contributed by atoms with van der Waals surface area (Å²) in [5, 5.41) is 0. The van der Waals surface area contributed by atoms with E-state index in [0.717, 1.165) is 5.76 Å². The molecule has 0 N–H and O–H groups in total. The van der Waals surface area contributed by atoms with Crippen molar-refractivity contribution in [1.82, 2.24) is 0 Å². The smallest absolute Gasteiger partial charge is 0.126 e. The Labute approximate surface area is 58.9 Å². The molecule has 1 aromatic rings. The minimum atomic E-state index is 0.528. The Morgan fingerprint density at radius 3 is 3.11 bits per heavy atom. The van der Waals surface area contributed by atoms with E-state index in [4.69, 9.17) is 16.0 Å². The lowest BCUT2D eigenvalue weighted by molar-refractivity contribution is 0.557. The van der Waals surface area contributed by atoms with Gasteiger partial charge in [-0.3, -0.25) is 0 Å². The summed E-state index contributed by atoms with van der Waals surface area (Å²) in [5.41, 5.74) is 0. The van der Waals surface area contributed by atoms with E-state index in [1.165, 1.54) is 0 Å². The molecule has 2 heteroatoms. The lowest BCUT2D eigenvalue weighted by atomic mass is 10.4. The van der Waals surface area contributed by atoms with Crippen LogP contribution in [0.4, 0.5) is 0 Å². The van der Waals surface area contributed by atoms with Gasteiger partial charge in [-0.05, 0) is 18.2 Å². The van der Waals surface area contributed by atoms with Crippen LogP contribution >= 0.6 is 11.6 Å². The molecule has 1 rings (SSSR count). The third-order valence-corrected chi connectivity index (χ3v) is 1.09. The molecule has 0 spiro atoms. The van der Waals surface area contributed by atoms with Crippen LogP contribution < -0.4 is 0 Å². The average Bonchev–Trinajstić information content (AvgIpc) is 2.34. The molecule has 0 saturated carbocycles. The largest absolute Gasteiger partial charge is 0.465 e. The van der Waals surface area contributed by atoms with Gasteiger partial charge in [-0.1, -0.05) is 6.08 Å². The number of hydrogen-bond donors (Lipinski definition) is 0. The summed E-state index contributed by atoms with van der Waals surface area (Å²) in [7, 11) is 0. The number of furan rings is 1. The van der Waals surface area contributed by atoms with Crippen molar-refractivity contribution < 1.29 is 4.42 Å². The maximum atomic E-state index is 5.39. The van der Waals surface area contributed by atoms with Gasteiger partial charge in [0.25, 0.3) is 0 Å². The highest BCUT2D eigenvalue weighted by Crippen LogP contribution is 2.01. The molecule has 1 nitrogen and oxygen atoms in total. The highest BCUT2D eigenvalue weighted by atomic mass is 35.5. The van der Waals surface area contributed by atoms with E-state index in [-0.39, 0.29) is 0 Å². The number of rotatable bonds is 2. The van der Waals surface area contributed by atoms with E-state index < -0.39 is 0 Å². The van der Waals surface area contributed by atoms with Crippen molar-refractivity contribution >= 4 is 17.7 Å². The summed E-state index contributed by atoms with van der Waals surface area (Å²) in [6, 6.07) is 3.72. The Morgan fingerprint density at radius 2 is 2.56 bits per heavy atom. The minimum Gasteiger partial charge on any atom is -0.465 e. The Kier molecular flexibility index (Phi) is 2.40. The molecule has 0 aliphatic carbocycles. The summed E-state index contributed by atoms with van der Waals surface area (Å²) in [6.45, 7) is 0. The van der Waals surface area contributed by atoms with Crippen LogP contribution in [0.3, 0.4) is 0 Å². The van der Waals surface area contributed by atoms with Gasteiger partial charge in [0.1, 0.15) is 5.76 Å². The number of alkyl halides is 1. The van der Waals surface area contributed by atoms with E-state index in [2.05, 4.69) is 0 Å². The molecule has 0 unspecified atom stereocenters. The van der Waals surface area contributed by atoms with E-state index in [0.29, 0.717) is 5.88 Å². The standard InChI is InChI=1S/C7H7ClO/c8-5-1-3-7-4-2-6-9-7/h1-4,6H,5H2/b3-1-. The summed E-state index contributed by atoms with van der Waals surface area (Å²) in [5.74, 6) is 1.37. The van der Waals surface area contributed by atoms with Crippen LogP contribution in [-0.2, 0) is 0 Å². The fourth-order valence-corrected chi connectivity index (χ4v) is 0.636.